The highest BCUT2D eigenvalue weighted by atomic mass is 15.1. The lowest BCUT2D eigenvalue weighted by Crippen LogP contribution is -2.38. The minimum Gasteiger partial charge on any atom is -0.386 e. The van der Waals surface area contributed by atoms with E-state index in [0.717, 1.165) is 18.4 Å². The first-order valence-electron chi connectivity index (χ1n) is 8.17. The first-order chi connectivity index (χ1) is 9.01. The maximum atomic E-state index is 4.13. The van der Waals surface area contributed by atoms with E-state index in [4.69, 9.17) is 0 Å². The van der Waals surface area contributed by atoms with Crippen molar-refractivity contribution < 1.29 is 0 Å². The summed E-state index contributed by atoms with van der Waals surface area (Å²) < 4.78 is 0. The first kappa shape index (κ1) is 16.6. The third-order valence-corrected chi connectivity index (χ3v) is 4.13. The van der Waals surface area contributed by atoms with Gasteiger partial charge in [-0.1, -0.05) is 33.3 Å². The van der Waals surface area contributed by atoms with Gasteiger partial charge in [-0.15, -0.1) is 0 Å². The van der Waals surface area contributed by atoms with E-state index in [1.54, 1.807) is 0 Å². The Hall–Kier alpha value is -0.500. The molecule has 1 rings (SSSR count). The Morgan fingerprint density at radius 3 is 2.42 bits per heavy atom. The maximum absolute atomic E-state index is 4.13. The summed E-state index contributed by atoms with van der Waals surface area (Å²) >= 11 is 0. The lowest BCUT2D eigenvalue weighted by molar-refractivity contribution is 0.175. The average molecular weight is 266 g/mol. The van der Waals surface area contributed by atoms with Crippen LogP contribution in [0.4, 0.5) is 0 Å². The second-order valence-electron chi connectivity index (χ2n) is 6.75. The minimum atomic E-state index is 0.500. The summed E-state index contributed by atoms with van der Waals surface area (Å²) in [6, 6.07) is 0.500. The highest BCUT2D eigenvalue weighted by molar-refractivity contribution is 4.96. The minimum absolute atomic E-state index is 0.500. The highest BCUT2D eigenvalue weighted by Crippen LogP contribution is 2.26. The fourth-order valence-electron chi connectivity index (χ4n) is 3.28. The lowest BCUT2D eigenvalue weighted by atomic mass is 9.86. The van der Waals surface area contributed by atoms with Crippen molar-refractivity contribution >= 4 is 0 Å². The molecule has 1 heterocycles. The molecule has 0 aromatic rings. The Bertz CT molecular complexity index is 252. The van der Waals surface area contributed by atoms with Gasteiger partial charge in [0.15, 0.2) is 0 Å². The molecule has 2 nitrogen and oxygen atoms in total. The van der Waals surface area contributed by atoms with Crippen LogP contribution < -0.4 is 5.32 Å². The van der Waals surface area contributed by atoms with E-state index < -0.39 is 0 Å². The van der Waals surface area contributed by atoms with Crippen LogP contribution in [-0.4, -0.2) is 30.6 Å². The average Bonchev–Trinajstić information content (AvgIpc) is 2.31. The van der Waals surface area contributed by atoms with Crippen LogP contribution in [0, 0.1) is 11.8 Å². The van der Waals surface area contributed by atoms with Gasteiger partial charge in [0.25, 0.3) is 0 Å². The second-order valence-corrected chi connectivity index (χ2v) is 6.75. The lowest BCUT2D eigenvalue weighted by Gasteiger charge is -2.33. The van der Waals surface area contributed by atoms with Crippen molar-refractivity contribution in [1.82, 2.24) is 10.2 Å². The Morgan fingerprint density at radius 2 is 1.89 bits per heavy atom. The maximum Gasteiger partial charge on any atom is 0.0375 e. The SMILES string of the molecule is C=C(CN1CCC(CC(C)CCC)CC1)NC(C)C. The van der Waals surface area contributed by atoms with Gasteiger partial charge in [-0.2, -0.15) is 0 Å². The number of piperidine rings is 1. The zero-order valence-electron chi connectivity index (χ0n) is 13.5. The summed E-state index contributed by atoms with van der Waals surface area (Å²) in [7, 11) is 0. The summed E-state index contributed by atoms with van der Waals surface area (Å²) in [4.78, 5) is 2.55. The summed E-state index contributed by atoms with van der Waals surface area (Å²) in [5.74, 6) is 1.88. The third kappa shape index (κ3) is 7.00. The monoisotopic (exact) mass is 266 g/mol. The van der Waals surface area contributed by atoms with Crippen LogP contribution in [0.15, 0.2) is 12.3 Å². The van der Waals surface area contributed by atoms with Crippen LogP contribution in [0.3, 0.4) is 0 Å². The van der Waals surface area contributed by atoms with Crippen LogP contribution in [-0.2, 0) is 0 Å². The van der Waals surface area contributed by atoms with Crippen LogP contribution in [0.2, 0.25) is 0 Å². The van der Waals surface area contributed by atoms with Crippen LogP contribution in [0.5, 0.6) is 0 Å². The normalized spacial score (nSPS) is 19.6. The molecular formula is C17H34N2. The summed E-state index contributed by atoms with van der Waals surface area (Å²) in [6.45, 7) is 16.7. The predicted molar refractivity (Wildman–Crippen MR) is 85.3 cm³/mol. The highest BCUT2D eigenvalue weighted by Gasteiger charge is 2.21. The molecule has 0 amide bonds. The Kier molecular flexibility index (Phi) is 7.52. The van der Waals surface area contributed by atoms with Crippen molar-refractivity contribution in [3.05, 3.63) is 12.3 Å². The van der Waals surface area contributed by atoms with Gasteiger partial charge >= 0.3 is 0 Å². The van der Waals surface area contributed by atoms with Crippen molar-refractivity contribution in [2.75, 3.05) is 19.6 Å². The molecule has 1 aliphatic heterocycles. The smallest absolute Gasteiger partial charge is 0.0375 e. The van der Waals surface area contributed by atoms with Gasteiger partial charge < -0.3 is 5.32 Å². The van der Waals surface area contributed by atoms with Crippen molar-refractivity contribution in [1.29, 1.82) is 0 Å². The molecular weight excluding hydrogens is 232 g/mol. The molecule has 1 N–H and O–H groups in total. The number of nitrogens with zero attached hydrogens (tertiary/aromatic N) is 1. The van der Waals surface area contributed by atoms with E-state index in [-0.39, 0.29) is 0 Å². The van der Waals surface area contributed by atoms with Gasteiger partial charge in [0.2, 0.25) is 0 Å². The summed E-state index contributed by atoms with van der Waals surface area (Å²) in [5.41, 5.74) is 1.17. The standard InChI is InChI=1S/C17H34N2/c1-6-7-15(4)12-17-8-10-19(11-9-17)13-16(5)18-14(2)3/h14-15,17-18H,5-13H2,1-4H3. The molecule has 0 saturated carbocycles. The van der Waals surface area contributed by atoms with Gasteiger partial charge in [-0.3, -0.25) is 4.90 Å². The van der Waals surface area contributed by atoms with E-state index in [1.165, 1.54) is 50.9 Å². The molecule has 2 heteroatoms. The van der Waals surface area contributed by atoms with Crippen molar-refractivity contribution in [2.45, 2.75) is 65.8 Å². The first-order valence-corrected chi connectivity index (χ1v) is 8.17. The van der Waals surface area contributed by atoms with Gasteiger partial charge in [-0.05, 0) is 58.0 Å². The van der Waals surface area contributed by atoms with Crippen molar-refractivity contribution in [2.24, 2.45) is 11.8 Å². The topological polar surface area (TPSA) is 15.3 Å². The Labute approximate surface area is 120 Å². The zero-order chi connectivity index (χ0) is 14.3. The van der Waals surface area contributed by atoms with Crippen LogP contribution >= 0.6 is 0 Å². The van der Waals surface area contributed by atoms with E-state index in [2.05, 4.69) is 44.5 Å². The van der Waals surface area contributed by atoms with Crippen LogP contribution in [0.25, 0.3) is 0 Å². The summed E-state index contributed by atoms with van der Waals surface area (Å²) in [6.07, 6.45) is 6.93. The molecule has 0 aromatic heterocycles. The molecule has 0 aromatic carbocycles. The molecule has 1 aliphatic rings. The van der Waals surface area contributed by atoms with Crippen molar-refractivity contribution in [3.8, 4) is 0 Å². The second kappa shape index (κ2) is 8.63. The van der Waals surface area contributed by atoms with Gasteiger partial charge in [0.1, 0.15) is 0 Å². The van der Waals surface area contributed by atoms with Gasteiger partial charge in [0, 0.05) is 18.3 Å². The van der Waals surface area contributed by atoms with Gasteiger partial charge in [0.05, 0.1) is 0 Å². The van der Waals surface area contributed by atoms with E-state index in [9.17, 15) is 0 Å². The van der Waals surface area contributed by atoms with Crippen LogP contribution in [0.1, 0.15) is 59.8 Å². The molecule has 1 unspecified atom stereocenters. The number of rotatable bonds is 8. The molecule has 1 fully saturated rings. The van der Waals surface area contributed by atoms with Gasteiger partial charge in [-0.25, -0.2) is 0 Å². The molecule has 1 atom stereocenters. The molecule has 1 saturated heterocycles. The fraction of sp³-hybridized carbons (Fsp3) is 0.882. The number of hydrogen-bond donors (Lipinski definition) is 1. The third-order valence-electron chi connectivity index (χ3n) is 4.13. The Balaban J connectivity index is 2.19. The predicted octanol–water partition coefficient (Wildman–Crippen LogP) is 4.04. The van der Waals surface area contributed by atoms with E-state index in [1.807, 2.05) is 0 Å². The van der Waals surface area contributed by atoms with E-state index >= 15 is 0 Å². The largest absolute Gasteiger partial charge is 0.386 e. The quantitative estimate of drug-likeness (QED) is 0.713. The Morgan fingerprint density at radius 1 is 1.26 bits per heavy atom. The van der Waals surface area contributed by atoms with E-state index in [0.29, 0.717) is 6.04 Å². The summed E-state index contributed by atoms with van der Waals surface area (Å²) in [5, 5.41) is 3.41. The molecule has 112 valence electrons. The number of hydrogen-bond acceptors (Lipinski definition) is 2. The number of likely N-dealkylation sites (tertiary alicyclic amines) is 1. The molecule has 0 aliphatic carbocycles. The zero-order valence-corrected chi connectivity index (χ0v) is 13.5. The van der Waals surface area contributed by atoms with Crippen molar-refractivity contribution in [3.63, 3.8) is 0 Å². The molecule has 19 heavy (non-hydrogen) atoms. The molecule has 0 radical (unpaired) electrons. The number of nitrogens with one attached hydrogen (secondary N) is 1. The molecule has 0 bridgehead atoms. The molecule has 0 spiro atoms. The fourth-order valence-corrected chi connectivity index (χ4v) is 3.28.